The zero-order valence-electron chi connectivity index (χ0n) is 5.57. The molecular weight excluding hydrogens is 211 g/mol. The van der Waals surface area contributed by atoms with Gasteiger partial charge in [0.25, 0.3) is 12.0 Å². The maximum Gasteiger partial charge on any atom is 0.267 e. The van der Waals surface area contributed by atoms with Crippen molar-refractivity contribution in [3.05, 3.63) is 32.2 Å². The van der Waals surface area contributed by atoms with E-state index in [1.807, 2.05) is 4.98 Å². The van der Waals surface area contributed by atoms with Gasteiger partial charge in [-0.05, 0) is 6.07 Å². The van der Waals surface area contributed by atoms with E-state index in [1.165, 1.54) is 0 Å². The number of pyridine rings is 1. The van der Waals surface area contributed by atoms with Crippen molar-refractivity contribution in [3.8, 4) is 0 Å². The predicted molar refractivity (Wildman–Crippen MR) is 42.0 cm³/mol. The van der Waals surface area contributed by atoms with Crippen LogP contribution in [0.3, 0.4) is 0 Å². The van der Waals surface area contributed by atoms with E-state index >= 15 is 0 Å². The summed E-state index contributed by atoms with van der Waals surface area (Å²) in [5.41, 5.74) is -1.15. The predicted octanol–water partition coefficient (Wildman–Crippen LogP) is 2.62. The van der Waals surface area contributed by atoms with Crippen molar-refractivity contribution in [2.75, 3.05) is 0 Å². The van der Waals surface area contributed by atoms with Crippen molar-refractivity contribution in [2.24, 2.45) is 0 Å². The molecule has 0 aromatic carbocycles. The van der Waals surface area contributed by atoms with Crippen LogP contribution in [0, 0.1) is 0 Å². The van der Waals surface area contributed by atoms with Crippen molar-refractivity contribution in [1.29, 1.82) is 0 Å². The maximum absolute atomic E-state index is 12.1. The van der Waals surface area contributed by atoms with E-state index in [1.54, 1.807) is 0 Å². The number of aromatic amines is 1. The van der Waals surface area contributed by atoms with Gasteiger partial charge >= 0.3 is 0 Å². The summed E-state index contributed by atoms with van der Waals surface area (Å²) in [7, 11) is 0. The topological polar surface area (TPSA) is 32.9 Å². The highest BCUT2D eigenvalue weighted by Gasteiger charge is 2.14. The Labute approximate surface area is 76.1 Å². The van der Waals surface area contributed by atoms with Crippen molar-refractivity contribution >= 4 is 23.2 Å². The van der Waals surface area contributed by atoms with Crippen LogP contribution in [0.25, 0.3) is 0 Å². The Kier molecular flexibility index (Phi) is 2.69. The smallest absolute Gasteiger partial charge is 0.267 e. The van der Waals surface area contributed by atoms with Gasteiger partial charge in [0.2, 0.25) is 0 Å². The normalized spacial score (nSPS) is 10.8. The molecule has 0 spiro atoms. The Bertz CT molecular complexity index is 350. The third-order valence-corrected chi connectivity index (χ3v) is 1.80. The van der Waals surface area contributed by atoms with Crippen molar-refractivity contribution in [2.45, 2.75) is 6.43 Å². The van der Waals surface area contributed by atoms with Crippen LogP contribution in [0.4, 0.5) is 8.78 Å². The van der Waals surface area contributed by atoms with Gasteiger partial charge < -0.3 is 4.98 Å². The molecule has 0 atom stereocenters. The Morgan fingerprint density at radius 2 is 2.00 bits per heavy atom. The molecule has 1 rings (SSSR count). The lowest BCUT2D eigenvalue weighted by molar-refractivity contribution is 0.151. The van der Waals surface area contributed by atoms with E-state index in [0.29, 0.717) is 0 Å². The molecule has 1 aromatic heterocycles. The molecule has 12 heavy (non-hydrogen) atoms. The lowest BCUT2D eigenvalue weighted by Gasteiger charge is -2.01. The molecule has 0 saturated heterocycles. The number of alkyl halides is 2. The minimum absolute atomic E-state index is 0.297. The number of rotatable bonds is 1. The first-order valence-electron chi connectivity index (χ1n) is 2.88. The van der Waals surface area contributed by atoms with Crippen LogP contribution < -0.4 is 5.56 Å². The summed E-state index contributed by atoms with van der Waals surface area (Å²) < 4.78 is 24.1. The molecule has 1 heterocycles. The van der Waals surface area contributed by atoms with Crippen LogP contribution in [0.1, 0.15) is 12.0 Å². The third kappa shape index (κ3) is 1.76. The standard InChI is InChI=1S/C6H3Cl2F2NO/c7-3-1-2(5(9)10)4(8)11-6(3)12/h1,5H,(H,11,12). The molecule has 0 saturated carbocycles. The molecule has 0 aliphatic carbocycles. The summed E-state index contributed by atoms with van der Waals surface area (Å²) in [6.45, 7) is 0. The minimum Gasteiger partial charge on any atom is -0.311 e. The summed E-state index contributed by atoms with van der Waals surface area (Å²) in [5, 5.41) is -0.672. The largest absolute Gasteiger partial charge is 0.311 e. The zero-order valence-corrected chi connectivity index (χ0v) is 7.09. The SMILES string of the molecule is O=c1[nH]c(Cl)c(C(F)F)cc1Cl. The lowest BCUT2D eigenvalue weighted by Crippen LogP contribution is -2.08. The molecule has 0 amide bonds. The van der Waals surface area contributed by atoms with Gasteiger partial charge in [-0.3, -0.25) is 4.79 Å². The quantitative estimate of drug-likeness (QED) is 0.716. The minimum atomic E-state index is -2.74. The molecule has 66 valence electrons. The average Bonchev–Trinajstić information content (AvgIpc) is 1.96. The monoisotopic (exact) mass is 213 g/mol. The van der Waals surface area contributed by atoms with Gasteiger partial charge in [-0.15, -0.1) is 0 Å². The van der Waals surface area contributed by atoms with E-state index in [-0.39, 0.29) is 10.2 Å². The molecule has 0 bridgehead atoms. The highest BCUT2D eigenvalue weighted by Crippen LogP contribution is 2.25. The fourth-order valence-electron chi connectivity index (χ4n) is 0.656. The first kappa shape index (κ1) is 9.48. The zero-order chi connectivity index (χ0) is 9.30. The van der Waals surface area contributed by atoms with Crippen LogP contribution in [-0.4, -0.2) is 4.98 Å². The van der Waals surface area contributed by atoms with E-state index in [9.17, 15) is 13.6 Å². The molecule has 0 radical (unpaired) electrons. The molecule has 6 heteroatoms. The number of nitrogens with one attached hydrogen (secondary N) is 1. The van der Waals surface area contributed by atoms with Gasteiger partial charge in [0.15, 0.2) is 0 Å². The summed E-state index contributed by atoms with van der Waals surface area (Å²) in [5.74, 6) is 0. The first-order chi connectivity index (χ1) is 5.52. The van der Waals surface area contributed by atoms with Crippen LogP contribution in [-0.2, 0) is 0 Å². The van der Waals surface area contributed by atoms with E-state index < -0.39 is 17.5 Å². The van der Waals surface area contributed by atoms with Crippen LogP contribution >= 0.6 is 23.2 Å². The molecule has 0 aliphatic rings. The second kappa shape index (κ2) is 3.41. The lowest BCUT2D eigenvalue weighted by atomic mass is 10.3. The van der Waals surface area contributed by atoms with Gasteiger partial charge in [0.05, 0.1) is 5.56 Å². The number of H-pyrrole nitrogens is 1. The highest BCUT2D eigenvalue weighted by atomic mass is 35.5. The summed E-state index contributed by atoms with van der Waals surface area (Å²) in [4.78, 5) is 12.7. The Hall–Kier alpha value is -0.610. The highest BCUT2D eigenvalue weighted by molar-refractivity contribution is 6.32. The van der Waals surface area contributed by atoms with E-state index in [0.717, 1.165) is 6.07 Å². The fraction of sp³-hybridized carbons (Fsp3) is 0.167. The van der Waals surface area contributed by atoms with E-state index in [4.69, 9.17) is 23.2 Å². The van der Waals surface area contributed by atoms with Gasteiger partial charge in [-0.2, -0.15) is 0 Å². The van der Waals surface area contributed by atoms with Gasteiger partial charge in [0.1, 0.15) is 10.2 Å². The third-order valence-electron chi connectivity index (χ3n) is 1.21. The first-order valence-corrected chi connectivity index (χ1v) is 3.64. The van der Waals surface area contributed by atoms with Gasteiger partial charge in [-0.1, -0.05) is 23.2 Å². The maximum atomic E-state index is 12.1. The number of aromatic nitrogens is 1. The van der Waals surface area contributed by atoms with E-state index in [2.05, 4.69) is 0 Å². The molecule has 1 N–H and O–H groups in total. The second-order valence-electron chi connectivity index (χ2n) is 2.02. The Balaban J connectivity index is 3.33. The van der Waals surface area contributed by atoms with Crippen molar-refractivity contribution < 1.29 is 8.78 Å². The number of hydrogen-bond acceptors (Lipinski definition) is 1. The van der Waals surface area contributed by atoms with Crippen LogP contribution in [0.15, 0.2) is 10.9 Å². The second-order valence-corrected chi connectivity index (χ2v) is 2.80. The average molecular weight is 214 g/mol. The molecular formula is C6H3Cl2F2NO. The van der Waals surface area contributed by atoms with Crippen LogP contribution in [0.5, 0.6) is 0 Å². The van der Waals surface area contributed by atoms with Crippen LogP contribution in [0.2, 0.25) is 10.2 Å². The number of halogens is 4. The van der Waals surface area contributed by atoms with Gasteiger partial charge in [-0.25, -0.2) is 8.78 Å². The Morgan fingerprint density at radius 3 is 2.50 bits per heavy atom. The summed E-state index contributed by atoms with van der Waals surface area (Å²) in [6, 6.07) is 0.855. The Morgan fingerprint density at radius 1 is 1.42 bits per heavy atom. The van der Waals surface area contributed by atoms with Crippen molar-refractivity contribution in [3.63, 3.8) is 0 Å². The molecule has 0 aliphatic heterocycles. The molecule has 0 unspecified atom stereocenters. The summed E-state index contributed by atoms with van der Waals surface area (Å²) >= 11 is 10.6. The summed E-state index contributed by atoms with van der Waals surface area (Å²) in [6.07, 6.45) is -2.74. The van der Waals surface area contributed by atoms with Crippen molar-refractivity contribution in [1.82, 2.24) is 4.98 Å². The van der Waals surface area contributed by atoms with Gasteiger partial charge in [0, 0.05) is 0 Å². The molecule has 2 nitrogen and oxygen atoms in total. The molecule has 0 fully saturated rings. The fourth-order valence-corrected chi connectivity index (χ4v) is 1.04. The molecule has 1 aromatic rings. The number of hydrogen-bond donors (Lipinski definition) is 1.